The Morgan fingerprint density at radius 3 is 2.54 bits per heavy atom. The van der Waals surface area contributed by atoms with Crippen LogP contribution in [-0.2, 0) is 20.9 Å². The largest absolute Gasteiger partial charge is 0.462 e. The molecule has 202 valence electrons. The van der Waals surface area contributed by atoms with Gasteiger partial charge in [-0.05, 0) is 67.3 Å². The van der Waals surface area contributed by atoms with Gasteiger partial charge in [-0.3, -0.25) is 19.5 Å². The quantitative estimate of drug-likeness (QED) is 0.293. The fourth-order valence-electron chi connectivity index (χ4n) is 4.22. The van der Waals surface area contributed by atoms with E-state index in [0.29, 0.717) is 34.7 Å². The Bertz CT molecular complexity index is 1440. The number of esters is 1. The topological polar surface area (TPSA) is 119 Å². The van der Waals surface area contributed by atoms with E-state index in [1.807, 2.05) is 24.3 Å². The lowest BCUT2D eigenvalue weighted by molar-refractivity contribution is -0.127. The second kappa shape index (κ2) is 12.8. The molecule has 4 aromatic rings. The average Bonchev–Trinajstić information content (AvgIpc) is 3.34. The zero-order valence-corrected chi connectivity index (χ0v) is 22.3. The molecule has 10 nitrogen and oxygen atoms in total. The van der Waals surface area contributed by atoms with Gasteiger partial charge >= 0.3 is 5.97 Å². The lowest BCUT2D eigenvalue weighted by Crippen LogP contribution is -2.45. The number of ether oxygens (including phenoxy) is 1. The van der Waals surface area contributed by atoms with Gasteiger partial charge in [-0.15, -0.1) is 5.10 Å². The molecule has 39 heavy (non-hydrogen) atoms. The van der Waals surface area contributed by atoms with E-state index in [1.165, 1.54) is 9.58 Å². The standard InChI is InChI=1S/C29H32N6O4/c1-4-39-29(38)22-8-7-9-23(18-22)35(26(36)19-34-25-11-6-5-10-24(25)32-33-34)27(21-13-15-30-16-14-21)28(37)31-17-12-20(2)3/h5-11,13-16,18,20,27H,4,12,17,19H2,1-3H3,(H,31,37). The van der Waals surface area contributed by atoms with Crippen molar-refractivity contribution in [2.45, 2.75) is 39.8 Å². The number of carbonyl (C=O) groups excluding carboxylic acids is 3. The number of hydrogen-bond acceptors (Lipinski definition) is 7. The summed E-state index contributed by atoms with van der Waals surface area (Å²) in [6, 6.07) is 16.2. The van der Waals surface area contributed by atoms with Crippen molar-refractivity contribution < 1.29 is 19.1 Å². The number of carbonyl (C=O) groups is 3. The molecular weight excluding hydrogens is 496 g/mol. The Labute approximate surface area is 227 Å². The number of nitrogens with zero attached hydrogens (tertiary/aromatic N) is 5. The van der Waals surface area contributed by atoms with E-state index in [1.54, 1.807) is 55.7 Å². The van der Waals surface area contributed by atoms with E-state index in [0.717, 1.165) is 6.42 Å². The minimum Gasteiger partial charge on any atom is -0.462 e. The van der Waals surface area contributed by atoms with E-state index >= 15 is 0 Å². The Morgan fingerprint density at radius 2 is 1.79 bits per heavy atom. The zero-order chi connectivity index (χ0) is 27.8. The van der Waals surface area contributed by atoms with Crippen molar-refractivity contribution in [2.24, 2.45) is 5.92 Å². The molecule has 0 radical (unpaired) electrons. The van der Waals surface area contributed by atoms with Gasteiger partial charge in [-0.25, -0.2) is 9.48 Å². The number of benzene rings is 2. The van der Waals surface area contributed by atoms with Crippen LogP contribution in [0.3, 0.4) is 0 Å². The number of pyridine rings is 1. The van der Waals surface area contributed by atoms with E-state index in [-0.39, 0.29) is 24.6 Å². The lowest BCUT2D eigenvalue weighted by Gasteiger charge is -2.32. The lowest BCUT2D eigenvalue weighted by atomic mass is 10.0. The van der Waals surface area contributed by atoms with Crippen LogP contribution in [0.25, 0.3) is 11.0 Å². The molecule has 2 heterocycles. The summed E-state index contributed by atoms with van der Waals surface area (Å²) in [5.74, 6) is -0.882. The summed E-state index contributed by atoms with van der Waals surface area (Å²) in [5, 5.41) is 11.3. The van der Waals surface area contributed by atoms with Crippen LogP contribution in [0.4, 0.5) is 5.69 Å². The van der Waals surface area contributed by atoms with E-state index in [9.17, 15) is 14.4 Å². The molecule has 2 aromatic carbocycles. The maximum Gasteiger partial charge on any atom is 0.338 e. The molecule has 1 unspecified atom stereocenters. The van der Waals surface area contributed by atoms with Crippen LogP contribution in [0.15, 0.2) is 73.1 Å². The Balaban J connectivity index is 1.79. The minimum absolute atomic E-state index is 0.176. The number of para-hydroxylation sites is 1. The molecule has 2 amide bonds. The first-order chi connectivity index (χ1) is 18.9. The predicted octanol–water partition coefficient (Wildman–Crippen LogP) is 3.94. The number of rotatable bonds is 11. The highest BCUT2D eigenvalue weighted by Gasteiger charge is 2.33. The van der Waals surface area contributed by atoms with Crippen molar-refractivity contribution in [1.29, 1.82) is 0 Å². The van der Waals surface area contributed by atoms with Crippen LogP contribution in [0, 0.1) is 5.92 Å². The maximum absolute atomic E-state index is 14.1. The second-order valence-corrected chi connectivity index (χ2v) is 9.43. The molecule has 0 aliphatic carbocycles. The van der Waals surface area contributed by atoms with E-state index in [2.05, 4.69) is 34.5 Å². The van der Waals surface area contributed by atoms with Crippen LogP contribution < -0.4 is 10.2 Å². The third-order valence-corrected chi connectivity index (χ3v) is 6.16. The highest BCUT2D eigenvalue weighted by molar-refractivity contribution is 6.02. The summed E-state index contributed by atoms with van der Waals surface area (Å²) < 4.78 is 6.67. The maximum atomic E-state index is 14.1. The molecule has 10 heteroatoms. The molecule has 2 aromatic heterocycles. The third kappa shape index (κ3) is 6.64. The minimum atomic E-state index is -1.03. The third-order valence-electron chi connectivity index (χ3n) is 6.16. The summed E-state index contributed by atoms with van der Waals surface area (Å²) in [6.45, 7) is 6.36. The zero-order valence-electron chi connectivity index (χ0n) is 22.3. The number of anilines is 1. The molecule has 0 saturated carbocycles. The number of fused-ring (bicyclic) bond motifs is 1. The summed E-state index contributed by atoms with van der Waals surface area (Å²) in [6.07, 6.45) is 3.94. The van der Waals surface area contributed by atoms with Gasteiger partial charge in [-0.1, -0.05) is 37.3 Å². The molecule has 1 N–H and O–H groups in total. The molecular formula is C29H32N6O4. The van der Waals surface area contributed by atoms with E-state index in [4.69, 9.17) is 4.74 Å². The van der Waals surface area contributed by atoms with Gasteiger partial charge in [0.1, 0.15) is 18.1 Å². The molecule has 0 aliphatic heterocycles. The van der Waals surface area contributed by atoms with Gasteiger partial charge in [0, 0.05) is 24.6 Å². The number of hydrogen-bond donors (Lipinski definition) is 1. The summed E-state index contributed by atoms with van der Waals surface area (Å²) in [4.78, 5) is 45.8. The van der Waals surface area contributed by atoms with Gasteiger partial charge in [0.2, 0.25) is 11.8 Å². The summed E-state index contributed by atoms with van der Waals surface area (Å²) in [5.41, 5.74) is 2.56. The first kappa shape index (κ1) is 27.4. The van der Waals surface area contributed by atoms with Gasteiger partial charge in [0.15, 0.2) is 0 Å². The normalized spacial score (nSPS) is 11.8. The number of aromatic nitrogens is 4. The highest BCUT2D eigenvalue weighted by atomic mass is 16.5. The SMILES string of the molecule is CCOC(=O)c1cccc(N(C(=O)Cn2nnc3ccccc32)C(C(=O)NCCC(C)C)c2ccncc2)c1. The highest BCUT2D eigenvalue weighted by Crippen LogP contribution is 2.29. The average molecular weight is 529 g/mol. The molecule has 4 rings (SSSR count). The van der Waals surface area contributed by atoms with Crippen molar-refractivity contribution in [2.75, 3.05) is 18.1 Å². The molecule has 0 fully saturated rings. The molecule has 0 saturated heterocycles. The smallest absolute Gasteiger partial charge is 0.338 e. The van der Waals surface area contributed by atoms with Gasteiger partial charge in [0.25, 0.3) is 0 Å². The fourth-order valence-corrected chi connectivity index (χ4v) is 4.22. The van der Waals surface area contributed by atoms with Gasteiger partial charge in [0.05, 0.1) is 17.7 Å². The second-order valence-electron chi connectivity index (χ2n) is 9.43. The Morgan fingerprint density at radius 1 is 1.03 bits per heavy atom. The van der Waals surface area contributed by atoms with Crippen molar-refractivity contribution in [3.05, 3.63) is 84.2 Å². The van der Waals surface area contributed by atoms with Crippen LogP contribution >= 0.6 is 0 Å². The van der Waals surface area contributed by atoms with Gasteiger partial charge < -0.3 is 10.1 Å². The summed E-state index contributed by atoms with van der Waals surface area (Å²) in [7, 11) is 0. The van der Waals surface area contributed by atoms with Crippen molar-refractivity contribution >= 4 is 34.5 Å². The van der Waals surface area contributed by atoms with Crippen molar-refractivity contribution in [3.8, 4) is 0 Å². The number of amides is 2. The molecule has 0 bridgehead atoms. The summed E-state index contributed by atoms with van der Waals surface area (Å²) >= 11 is 0. The Hall–Kier alpha value is -4.60. The molecule has 1 atom stereocenters. The van der Waals surface area contributed by atoms with Crippen LogP contribution in [-0.4, -0.2) is 50.9 Å². The first-order valence-electron chi connectivity index (χ1n) is 12.9. The molecule has 0 spiro atoms. The van der Waals surface area contributed by atoms with Crippen molar-refractivity contribution in [3.63, 3.8) is 0 Å². The van der Waals surface area contributed by atoms with E-state index < -0.39 is 17.9 Å². The fraction of sp³-hybridized carbons (Fsp3) is 0.310. The van der Waals surface area contributed by atoms with Crippen molar-refractivity contribution in [1.82, 2.24) is 25.3 Å². The Kier molecular flexibility index (Phi) is 8.98. The first-order valence-corrected chi connectivity index (χ1v) is 12.9. The van der Waals surface area contributed by atoms with Gasteiger partial charge in [-0.2, -0.15) is 0 Å². The van der Waals surface area contributed by atoms with Crippen LogP contribution in [0.2, 0.25) is 0 Å². The van der Waals surface area contributed by atoms with Crippen LogP contribution in [0.1, 0.15) is 49.2 Å². The predicted molar refractivity (Wildman–Crippen MR) is 147 cm³/mol. The monoisotopic (exact) mass is 528 g/mol. The molecule has 0 aliphatic rings. The number of nitrogens with one attached hydrogen (secondary N) is 1. The van der Waals surface area contributed by atoms with Crippen LogP contribution in [0.5, 0.6) is 0 Å².